The molecule has 6 aromatic heterocycles. The van der Waals surface area contributed by atoms with E-state index in [0.717, 1.165) is 168 Å². The first-order valence-electron chi connectivity index (χ1n) is 45.5. The van der Waals surface area contributed by atoms with Crippen LogP contribution in [0.4, 0.5) is 0 Å². The molecule has 10 heteroatoms. The van der Waals surface area contributed by atoms with Gasteiger partial charge in [0.15, 0.2) is 0 Å². The molecule has 12 aromatic rings. The molecule has 0 saturated carbocycles. The minimum Gasteiger partial charge on any atom is -0.478 e. The van der Waals surface area contributed by atoms with E-state index >= 15 is 0 Å². The third-order valence-corrected chi connectivity index (χ3v) is 25.9. The first-order valence-corrected chi connectivity index (χ1v) is 45.5. The number of aromatic carboxylic acids is 1. The van der Waals surface area contributed by atoms with Crippen molar-refractivity contribution in [3.63, 3.8) is 0 Å². The van der Waals surface area contributed by atoms with E-state index in [4.69, 9.17) is 19.9 Å². The second-order valence-electron chi connectivity index (χ2n) is 46.4. The molecule has 10 heterocycles. The van der Waals surface area contributed by atoms with Gasteiger partial charge in [0.25, 0.3) is 0 Å². The molecule has 0 unspecified atom stereocenters. The molecule has 0 spiro atoms. The van der Waals surface area contributed by atoms with Gasteiger partial charge in [0.1, 0.15) is 0 Å². The molecule has 0 fully saturated rings. The Labute approximate surface area is 753 Å². The van der Waals surface area contributed by atoms with Crippen LogP contribution in [-0.2, 0) is 54.1 Å². The minimum atomic E-state index is -0.994. The Kier molecular flexibility index (Phi) is 21.5. The molecule has 10 nitrogen and oxygen atoms in total. The van der Waals surface area contributed by atoms with E-state index in [0.29, 0.717) is 0 Å². The Morgan fingerprint density at radius 3 is 0.488 bits per heavy atom. The highest BCUT2D eigenvalue weighted by molar-refractivity contribution is 6.07. The second-order valence-corrected chi connectivity index (χ2v) is 46.4. The Bertz CT molecular complexity index is 6720. The van der Waals surface area contributed by atoms with Crippen LogP contribution in [0, 0.1) is 0 Å². The summed E-state index contributed by atoms with van der Waals surface area (Å²) in [4.78, 5) is 53.8. The summed E-state index contributed by atoms with van der Waals surface area (Å²) in [5.41, 5.74) is 36.5. The average molecular weight is 1680 g/mol. The van der Waals surface area contributed by atoms with Gasteiger partial charge in [0, 0.05) is 88.6 Å². The van der Waals surface area contributed by atoms with E-state index < -0.39 is 5.97 Å². The fraction of sp³-hybridized carbons (Fsp3) is 0.342. The van der Waals surface area contributed by atoms with Gasteiger partial charge in [-0.05, 0) is 252 Å². The van der Waals surface area contributed by atoms with Crippen LogP contribution in [0.2, 0.25) is 0 Å². The predicted molar refractivity (Wildman–Crippen MR) is 543 cm³/mol. The first kappa shape index (κ1) is 88.4. The number of aromatic amines is 4. The maximum absolute atomic E-state index is 12.7. The fourth-order valence-corrected chi connectivity index (χ4v) is 17.7. The molecule has 16 rings (SSSR count). The normalized spacial score (nSPS) is 13.7. The monoisotopic (exact) mass is 1680 g/mol. The molecular weight excluding hydrogens is 1550 g/mol. The van der Waals surface area contributed by atoms with Crippen molar-refractivity contribution in [3.05, 3.63) is 271 Å². The summed E-state index contributed by atoms with van der Waals surface area (Å²) in [7, 11) is 0. The van der Waals surface area contributed by atoms with Gasteiger partial charge in [-0.3, -0.25) is 0 Å². The Morgan fingerprint density at radius 1 is 0.197 bits per heavy atom. The number of nitrogens with one attached hydrogen (secondary N) is 4. The zero-order valence-electron chi connectivity index (χ0n) is 80.9. The van der Waals surface area contributed by atoms with Gasteiger partial charge in [0.05, 0.1) is 51.1 Å². The number of nitrogens with zero attached hydrogens (tertiary/aromatic N) is 4. The van der Waals surface area contributed by atoms with E-state index in [2.05, 4.69) is 416 Å². The largest absolute Gasteiger partial charge is 0.478 e. The number of H-pyrrole nitrogens is 4. The number of hydrogen-bond donors (Lipinski definition) is 5. The van der Waals surface area contributed by atoms with Gasteiger partial charge in [-0.1, -0.05) is 311 Å². The van der Waals surface area contributed by atoms with E-state index in [1.807, 2.05) is 12.1 Å². The molecule has 0 aliphatic carbocycles. The molecule has 4 aliphatic rings. The van der Waals surface area contributed by atoms with Crippen molar-refractivity contribution in [2.45, 2.75) is 262 Å². The molecule has 0 radical (unpaired) electrons. The van der Waals surface area contributed by atoms with Crippen LogP contribution in [0.3, 0.4) is 0 Å². The van der Waals surface area contributed by atoms with Gasteiger partial charge >= 0.3 is 5.97 Å². The van der Waals surface area contributed by atoms with Gasteiger partial charge in [0.2, 0.25) is 0 Å². The number of carboxylic acid groups (broad SMARTS) is 1. The van der Waals surface area contributed by atoms with Crippen LogP contribution >= 0.6 is 0 Å². The average Bonchev–Trinajstić information content (AvgIpc) is 1.57. The Balaban J connectivity index is 1.16. The second kappa shape index (κ2) is 30.9. The molecular formula is C117H130N8O2. The van der Waals surface area contributed by atoms with Crippen LogP contribution in [-0.4, -0.2) is 50.9 Å². The van der Waals surface area contributed by atoms with Gasteiger partial charge in [-0.2, -0.15) is 0 Å². The van der Waals surface area contributed by atoms with Crippen molar-refractivity contribution in [1.82, 2.24) is 39.9 Å². The van der Waals surface area contributed by atoms with Crippen LogP contribution in [0.5, 0.6) is 0 Å². The highest BCUT2D eigenvalue weighted by atomic mass is 16.4. The van der Waals surface area contributed by atoms with E-state index in [1.165, 1.54) is 55.6 Å². The molecule has 6 aromatic carbocycles. The zero-order chi connectivity index (χ0) is 91.7. The van der Waals surface area contributed by atoms with Crippen molar-refractivity contribution in [2.75, 3.05) is 0 Å². The summed E-state index contributed by atoms with van der Waals surface area (Å²) < 4.78 is 0. The quantitative estimate of drug-likeness (QED) is 0.102. The summed E-state index contributed by atoms with van der Waals surface area (Å²) >= 11 is 0. The SMILES string of the molecule is CC(C)(C)c1cc(-c2c3nc(c(-c4cc(C(C)(C)C)cc(C(C)(C)C)c4)c4ccc([nH]4)c(-c4c5nc(c(-c6cc(C(C)(C)C)cc(C(C)(C)C)c6)c6ccc([nH]6)c(-c6ccc(C(=O)O)cc6)c6nc(c(-c7cc(C(C)(C)C)cc(C(C)(C)C)c7)c7ccc4[nH]7)C=C6)C=C5)c4nc(c(-c5cc(C(C)(C)C)cc(C(C)(C)C)c5)c5ccc2[nH]5)C=C4)C=C3)cc(C(C)(C)C)c1. The number of carboxylic acids is 1. The third kappa shape index (κ3) is 17.5. The van der Waals surface area contributed by atoms with Crippen molar-refractivity contribution in [1.29, 1.82) is 0 Å². The number of aromatic nitrogens is 8. The van der Waals surface area contributed by atoms with Gasteiger partial charge in [-0.15, -0.1) is 0 Å². The molecule has 4 aliphatic heterocycles. The van der Waals surface area contributed by atoms with Crippen molar-refractivity contribution in [2.24, 2.45) is 0 Å². The van der Waals surface area contributed by atoms with Crippen molar-refractivity contribution in [3.8, 4) is 77.9 Å². The molecule has 16 bridgehead atoms. The fourth-order valence-electron chi connectivity index (χ4n) is 17.7. The summed E-state index contributed by atoms with van der Waals surface area (Å²) in [5, 5.41) is 10.4. The Hall–Kier alpha value is -12.0. The van der Waals surface area contributed by atoms with Crippen LogP contribution < -0.4 is 0 Å². The summed E-state index contributed by atoms with van der Waals surface area (Å²) in [6.45, 7) is 69.2. The van der Waals surface area contributed by atoms with Crippen LogP contribution in [0.25, 0.3) is 171 Å². The predicted octanol–water partition coefficient (Wildman–Crippen LogP) is 32.0. The maximum Gasteiger partial charge on any atom is 0.335 e. The highest BCUT2D eigenvalue weighted by Crippen LogP contribution is 2.49. The summed E-state index contributed by atoms with van der Waals surface area (Å²) in [6, 6.07) is 60.9. The molecule has 0 atom stereocenters. The zero-order valence-corrected chi connectivity index (χ0v) is 80.9. The summed E-state index contributed by atoms with van der Waals surface area (Å²) in [5.74, 6) is -0.994. The molecule has 127 heavy (non-hydrogen) atoms. The lowest BCUT2D eigenvalue weighted by molar-refractivity contribution is 0.0696. The van der Waals surface area contributed by atoms with Gasteiger partial charge < -0.3 is 25.0 Å². The lowest BCUT2D eigenvalue weighted by Crippen LogP contribution is -2.16. The standard InChI is InChI=1S/C117H130N8O2/c1-108(2,3)73-51-68(52-74(61-73)109(4,5)6)100-87-39-41-89(120-87)103(71-57-79(114(19,20)21)64-80(58-71)115(22,23)24)93-45-49-97(124-93)106(98-50-46-94(125-98)104(90-42-40-88(100)121-90)72-59-81(116(25,26)27)65-82(60-72)117(28,29)30)105-95-47-43-91(122-95)101(69-53-75(110(7,8)9)62-76(54-69)111(10,11)12)85-37-35-83(118-85)99(66-31-33-67(34-32-66)107(126)127)84-36-38-86(119-84)102(92-44-48-96(105)123-92)70-55-77(112(13,14)15)63-78(56-70)113(16,17)18/h31-65,118,120,123,125H,1-30H3,(H,126,127). The Morgan fingerprint density at radius 2 is 0.339 bits per heavy atom. The number of hydrogen-bond acceptors (Lipinski definition) is 5. The molecule has 0 amide bonds. The summed E-state index contributed by atoms with van der Waals surface area (Å²) in [6.07, 6.45) is 17.7. The third-order valence-electron chi connectivity index (χ3n) is 25.9. The van der Waals surface area contributed by atoms with Gasteiger partial charge in [-0.25, -0.2) is 24.7 Å². The molecule has 650 valence electrons. The maximum atomic E-state index is 12.7. The minimum absolute atomic E-state index is 0.178. The molecule has 5 N–H and O–H groups in total. The van der Waals surface area contributed by atoms with Crippen LogP contribution in [0.1, 0.15) is 319 Å². The van der Waals surface area contributed by atoms with Crippen molar-refractivity contribution >= 4 is 98.7 Å². The topological polar surface area (TPSA) is 152 Å². The van der Waals surface area contributed by atoms with Crippen LogP contribution in [0.15, 0.2) is 164 Å². The van der Waals surface area contributed by atoms with Crippen molar-refractivity contribution < 1.29 is 9.90 Å². The number of fused-ring (bicyclic) bond motifs is 16. The number of rotatable bonds is 8. The first-order chi connectivity index (χ1) is 59.0. The lowest BCUT2D eigenvalue weighted by atomic mass is 9.78. The lowest BCUT2D eigenvalue weighted by Gasteiger charge is -2.26. The van der Waals surface area contributed by atoms with E-state index in [1.54, 1.807) is 12.1 Å². The molecule has 0 saturated heterocycles. The number of benzene rings is 6. The highest BCUT2D eigenvalue weighted by Gasteiger charge is 2.33. The van der Waals surface area contributed by atoms with E-state index in [9.17, 15) is 9.90 Å². The number of carbonyl (C=O) groups is 1. The van der Waals surface area contributed by atoms with E-state index in [-0.39, 0.29) is 59.7 Å². The smallest absolute Gasteiger partial charge is 0.335 e.